The smallest absolute Gasteiger partial charge is 0.330 e. The molecular weight excluding hydrogens is 332 g/mol. The van der Waals surface area contributed by atoms with Crippen molar-refractivity contribution >= 4 is 39.3 Å². The van der Waals surface area contributed by atoms with Crippen molar-refractivity contribution in [2.45, 2.75) is 37.8 Å². The summed E-state index contributed by atoms with van der Waals surface area (Å²) in [5.74, 6) is 0.203. The first kappa shape index (κ1) is 16.3. The molecule has 0 amide bonds. The van der Waals surface area contributed by atoms with E-state index in [2.05, 4.69) is 9.97 Å². The molecule has 2 aromatic rings. The van der Waals surface area contributed by atoms with Gasteiger partial charge in [-0.05, 0) is 38.2 Å². The molecule has 0 unspecified atom stereocenters. The highest BCUT2D eigenvalue weighted by Gasteiger charge is 2.19. The number of thioether (sulfide) groups is 1. The van der Waals surface area contributed by atoms with Crippen molar-refractivity contribution in [3.8, 4) is 0 Å². The molecule has 23 heavy (non-hydrogen) atoms. The van der Waals surface area contributed by atoms with Crippen LogP contribution in [0.5, 0.6) is 0 Å². The SMILES string of the molecule is CCOC(=O)/C=C\CSc1nc2sc3c(c2c(=O)[nH]1)CCCC3. The Morgan fingerprint density at radius 3 is 3.09 bits per heavy atom. The van der Waals surface area contributed by atoms with Gasteiger partial charge in [-0.25, -0.2) is 9.78 Å². The van der Waals surface area contributed by atoms with Gasteiger partial charge in [-0.1, -0.05) is 17.8 Å². The first-order valence-electron chi connectivity index (χ1n) is 7.69. The maximum Gasteiger partial charge on any atom is 0.330 e. The number of carbonyl (C=O) groups excluding carboxylic acids is 1. The Morgan fingerprint density at radius 2 is 2.26 bits per heavy atom. The summed E-state index contributed by atoms with van der Waals surface area (Å²) in [6.07, 6.45) is 7.49. The molecule has 0 radical (unpaired) electrons. The van der Waals surface area contributed by atoms with E-state index in [0.717, 1.165) is 29.5 Å². The summed E-state index contributed by atoms with van der Waals surface area (Å²) in [5.41, 5.74) is 1.15. The Kier molecular flexibility index (Phi) is 5.17. The second kappa shape index (κ2) is 7.31. The van der Waals surface area contributed by atoms with Gasteiger partial charge in [-0.2, -0.15) is 0 Å². The number of esters is 1. The van der Waals surface area contributed by atoms with E-state index in [4.69, 9.17) is 4.74 Å². The maximum absolute atomic E-state index is 12.4. The van der Waals surface area contributed by atoms with Gasteiger partial charge in [0.2, 0.25) is 0 Å². The normalized spacial score (nSPS) is 14.3. The monoisotopic (exact) mass is 350 g/mol. The summed E-state index contributed by atoms with van der Waals surface area (Å²) in [7, 11) is 0. The summed E-state index contributed by atoms with van der Waals surface area (Å²) in [5, 5.41) is 1.37. The number of hydrogen-bond acceptors (Lipinski definition) is 6. The number of aromatic nitrogens is 2. The predicted octanol–water partition coefficient (Wildman–Crippen LogP) is 3.07. The predicted molar refractivity (Wildman–Crippen MR) is 93.4 cm³/mol. The zero-order valence-electron chi connectivity index (χ0n) is 12.9. The zero-order chi connectivity index (χ0) is 16.2. The molecule has 0 saturated heterocycles. The highest BCUT2D eigenvalue weighted by Crippen LogP contribution is 2.34. The van der Waals surface area contributed by atoms with Gasteiger partial charge in [-0.15, -0.1) is 11.3 Å². The molecule has 0 bridgehead atoms. The summed E-state index contributed by atoms with van der Waals surface area (Å²) in [4.78, 5) is 33.1. The fraction of sp³-hybridized carbons (Fsp3) is 0.438. The summed E-state index contributed by atoms with van der Waals surface area (Å²) < 4.78 is 4.81. The van der Waals surface area contributed by atoms with Crippen LogP contribution in [0.15, 0.2) is 22.1 Å². The van der Waals surface area contributed by atoms with E-state index in [1.54, 1.807) is 24.3 Å². The van der Waals surface area contributed by atoms with Crippen molar-refractivity contribution in [2.75, 3.05) is 12.4 Å². The average molecular weight is 350 g/mol. The number of fused-ring (bicyclic) bond motifs is 3. The zero-order valence-corrected chi connectivity index (χ0v) is 14.5. The molecule has 0 fully saturated rings. The van der Waals surface area contributed by atoms with Crippen LogP contribution in [-0.4, -0.2) is 28.3 Å². The summed E-state index contributed by atoms with van der Waals surface area (Å²) in [6, 6.07) is 0. The van der Waals surface area contributed by atoms with Crippen molar-refractivity contribution in [1.29, 1.82) is 0 Å². The Balaban J connectivity index is 1.75. The molecule has 1 aliphatic carbocycles. The Morgan fingerprint density at radius 1 is 1.43 bits per heavy atom. The molecule has 0 aliphatic heterocycles. The van der Waals surface area contributed by atoms with Gasteiger partial charge < -0.3 is 9.72 Å². The van der Waals surface area contributed by atoms with E-state index in [1.807, 2.05) is 0 Å². The molecule has 122 valence electrons. The number of nitrogens with zero attached hydrogens (tertiary/aromatic N) is 1. The van der Waals surface area contributed by atoms with Crippen LogP contribution in [0.4, 0.5) is 0 Å². The molecule has 1 aliphatic rings. The minimum Gasteiger partial charge on any atom is -0.463 e. The second-order valence-electron chi connectivity index (χ2n) is 5.23. The van der Waals surface area contributed by atoms with Crippen LogP contribution in [0.25, 0.3) is 10.2 Å². The van der Waals surface area contributed by atoms with Crippen LogP contribution < -0.4 is 5.56 Å². The molecule has 5 nitrogen and oxygen atoms in total. The molecule has 2 aromatic heterocycles. The number of hydrogen-bond donors (Lipinski definition) is 1. The van der Waals surface area contributed by atoms with E-state index in [1.165, 1.54) is 34.7 Å². The standard InChI is InChI=1S/C16H18N2O3S2/c1-2-21-12(19)8-5-9-22-16-17-14(20)13-10-6-3-4-7-11(10)23-15(13)18-16/h5,8H,2-4,6-7,9H2,1H3,(H,17,18,20)/b8-5-. The lowest BCUT2D eigenvalue weighted by Gasteiger charge is -2.09. The molecule has 2 heterocycles. The summed E-state index contributed by atoms with van der Waals surface area (Å²) in [6.45, 7) is 2.13. The number of aryl methyl sites for hydroxylation is 2. The quantitative estimate of drug-likeness (QED) is 0.388. The highest BCUT2D eigenvalue weighted by molar-refractivity contribution is 7.99. The molecule has 0 aromatic carbocycles. The van der Waals surface area contributed by atoms with Crippen molar-refractivity contribution in [3.63, 3.8) is 0 Å². The topological polar surface area (TPSA) is 72.0 Å². The molecule has 1 N–H and O–H groups in total. The van der Waals surface area contributed by atoms with Gasteiger partial charge in [0.1, 0.15) is 4.83 Å². The third-order valence-corrected chi connectivity index (χ3v) is 5.67. The minimum absolute atomic E-state index is 0.0497. The molecule has 7 heteroatoms. The second-order valence-corrected chi connectivity index (χ2v) is 7.32. The first-order valence-corrected chi connectivity index (χ1v) is 9.50. The first-order chi connectivity index (χ1) is 11.2. The van der Waals surface area contributed by atoms with Crippen LogP contribution in [0.3, 0.4) is 0 Å². The molecule has 0 saturated carbocycles. The van der Waals surface area contributed by atoms with E-state index in [0.29, 0.717) is 17.5 Å². The van der Waals surface area contributed by atoms with Crippen molar-refractivity contribution in [1.82, 2.24) is 9.97 Å². The van der Waals surface area contributed by atoms with Crippen LogP contribution in [0.1, 0.15) is 30.2 Å². The Bertz CT molecular complexity index is 807. The van der Waals surface area contributed by atoms with Crippen LogP contribution >= 0.6 is 23.1 Å². The number of thiophene rings is 1. The van der Waals surface area contributed by atoms with E-state index >= 15 is 0 Å². The lowest BCUT2D eigenvalue weighted by Crippen LogP contribution is -2.10. The maximum atomic E-state index is 12.4. The lowest BCUT2D eigenvalue weighted by atomic mass is 9.97. The van der Waals surface area contributed by atoms with Gasteiger partial charge >= 0.3 is 5.97 Å². The highest BCUT2D eigenvalue weighted by atomic mass is 32.2. The van der Waals surface area contributed by atoms with Crippen LogP contribution in [-0.2, 0) is 22.4 Å². The van der Waals surface area contributed by atoms with E-state index in [9.17, 15) is 9.59 Å². The van der Waals surface area contributed by atoms with Gasteiger partial charge in [0, 0.05) is 16.7 Å². The van der Waals surface area contributed by atoms with E-state index in [-0.39, 0.29) is 11.5 Å². The summed E-state index contributed by atoms with van der Waals surface area (Å²) >= 11 is 3.04. The lowest BCUT2D eigenvalue weighted by molar-refractivity contribution is -0.137. The largest absolute Gasteiger partial charge is 0.463 e. The Hall–Kier alpha value is -1.60. The van der Waals surface area contributed by atoms with Gasteiger partial charge in [0.25, 0.3) is 5.56 Å². The van der Waals surface area contributed by atoms with Gasteiger partial charge in [0.05, 0.1) is 12.0 Å². The molecule has 0 spiro atoms. The fourth-order valence-corrected chi connectivity index (χ4v) is 4.67. The van der Waals surface area contributed by atoms with Gasteiger partial charge in [-0.3, -0.25) is 4.79 Å². The number of nitrogens with one attached hydrogen (secondary N) is 1. The molecule has 0 atom stereocenters. The Labute approximate surface area is 142 Å². The van der Waals surface area contributed by atoms with Crippen LogP contribution in [0, 0.1) is 0 Å². The average Bonchev–Trinajstić information content (AvgIpc) is 2.90. The van der Waals surface area contributed by atoms with E-state index < -0.39 is 0 Å². The van der Waals surface area contributed by atoms with Crippen molar-refractivity contribution in [3.05, 3.63) is 32.9 Å². The number of carbonyl (C=O) groups is 1. The van der Waals surface area contributed by atoms with Crippen molar-refractivity contribution < 1.29 is 9.53 Å². The van der Waals surface area contributed by atoms with Crippen molar-refractivity contribution in [2.24, 2.45) is 0 Å². The molecule has 3 rings (SSSR count). The fourth-order valence-electron chi connectivity index (χ4n) is 2.67. The third-order valence-electron chi connectivity index (χ3n) is 3.66. The number of ether oxygens (including phenoxy) is 1. The third kappa shape index (κ3) is 3.67. The molecular formula is C16H18N2O3S2. The number of aromatic amines is 1. The van der Waals surface area contributed by atoms with Gasteiger partial charge in [0.15, 0.2) is 5.16 Å². The minimum atomic E-state index is -0.351. The number of rotatable bonds is 5. The van der Waals surface area contributed by atoms with Crippen LogP contribution in [0.2, 0.25) is 0 Å². The number of H-pyrrole nitrogens is 1.